The molecule has 0 fully saturated rings. The Labute approximate surface area is 130 Å². The molecular formula is C14H26N2O6. The van der Waals surface area contributed by atoms with Gasteiger partial charge in [-0.15, -0.1) is 0 Å². The fourth-order valence-corrected chi connectivity index (χ4v) is 1.39. The molecule has 2 amide bonds. The van der Waals surface area contributed by atoms with Gasteiger partial charge in [-0.3, -0.25) is 5.32 Å². The number of carboxylic acids is 1. The number of amides is 2. The maximum atomic E-state index is 12.2. The number of rotatable bonds is 4. The number of imide groups is 1. The molecule has 1 atom stereocenters. The quantitative estimate of drug-likeness (QED) is 0.765. The van der Waals surface area contributed by atoms with E-state index in [4.69, 9.17) is 9.47 Å². The monoisotopic (exact) mass is 318 g/mol. The first-order chi connectivity index (χ1) is 9.78. The van der Waals surface area contributed by atoms with Crippen molar-refractivity contribution in [2.24, 2.45) is 0 Å². The molecule has 0 radical (unpaired) electrons. The summed E-state index contributed by atoms with van der Waals surface area (Å²) in [7, 11) is 0. The number of ether oxygens (including phenoxy) is 2. The summed E-state index contributed by atoms with van der Waals surface area (Å²) < 4.78 is 10.2. The van der Waals surface area contributed by atoms with Gasteiger partial charge in [-0.1, -0.05) is 6.92 Å². The van der Waals surface area contributed by atoms with Gasteiger partial charge >= 0.3 is 18.2 Å². The zero-order valence-electron chi connectivity index (χ0n) is 14.2. The van der Waals surface area contributed by atoms with Crippen LogP contribution in [0.2, 0.25) is 0 Å². The fourth-order valence-electron chi connectivity index (χ4n) is 1.39. The first kappa shape index (κ1) is 20.2. The van der Waals surface area contributed by atoms with Crippen LogP contribution in [0.3, 0.4) is 0 Å². The normalized spacial score (nSPS) is 13.2. The van der Waals surface area contributed by atoms with Crippen LogP contribution >= 0.6 is 0 Å². The molecule has 128 valence electrons. The third-order valence-electron chi connectivity index (χ3n) is 2.07. The van der Waals surface area contributed by atoms with Crippen molar-refractivity contribution in [3.63, 3.8) is 0 Å². The molecule has 8 heteroatoms. The Balaban J connectivity index is 5.50. The number of aliphatic carboxylic acids is 1. The second-order valence-corrected chi connectivity index (χ2v) is 6.63. The Bertz CT molecular complexity index is 394. The van der Waals surface area contributed by atoms with Gasteiger partial charge in [0.2, 0.25) is 0 Å². The lowest BCUT2D eigenvalue weighted by molar-refractivity contribution is -0.144. The molecule has 0 heterocycles. The minimum absolute atomic E-state index is 0.235. The number of carbonyl (C=O) groups is 3. The van der Waals surface area contributed by atoms with E-state index in [2.05, 4.69) is 5.32 Å². The molecule has 0 aromatic carbocycles. The van der Waals surface area contributed by atoms with Crippen molar-refractivity contribution in [3.8, 4) is 0 Å². The van der Waals surface area contributed by atoms with Crippen molar-refractivity contribution in [2.75, 3.05) is 6.54 Å². The van der Waals surface area contributed by atoms with Gasteiger partial charge in [0.15, 0.2) is 6.17 Å². The smallest absolute Gasteiger partial charge is 0.421 e. The number of carbonyl (C=O) groups excluding carboxylic acids is 2. The molecule has 0 bridgehead atoms. The SMILES string of the molecule is CCNC(C(=O)O)N(C(=O)OC(C)(C)C)C(=O)OC(C)(C)C. The van der Waals surface area contributed by atoms with E-state index in [9.17, 15) is 19.5 Å². The standard InChI is InChI=1S/C14H26N2O6/c1-8-15-9(10(17)18)16(11(19)21-13(2,3)4)12(20)22-14(5,6)7/h9,15H,8H2,1-7H3,(H,17,18). The van der Waals surface area contributed by atoms with Crippen LogP contribution in [0.15, 0.2) is 0 Å². The number of nitrogens with one attached hydrogen (secondary N) is 1. The van der Waals surface area contributed by atoms with Crippen molar-refractivity contribution < 1.29 is 29.0 Å². The minimum Gasteiger partial charge on any atom is -0.479 e. The van der Waals surface area contributed by atoms with E-state index < -0.39 is 35.5 Å². The van der Waals surface area contributed by atoms with E-state index in [-0.39, 0.29) is 6.54 Å². The molecule has 0 aromatic heterocycles. The van der Waals surface area contributed by atoms with Crippen LogP contribution in [-0.2, 0) is 14.3 Å². The Morgan fingerprint density at radius 1 is 1.00 bits per heavy atom. The first-order valence-corrected chi connectivity index (χ1v) is 7.00. The van der Waals surface area contributed by atoms with Crippen LogP contribution in [-0.4, -0.2) is 52.1 Å². The lowest BCUT2D eigenvalue weighted by atomic mass is 10.2. The summed E-state index contributed by atoms with van der Waals surface area (Å²) in [6, 6.07) is 0. The van der Waals surface area contributed by atoms with Crippen molar-refractivity contribution in [2.45, 2.75) is 65.8 Å². The average molecular weight is 318 g/mol. The van der Waals surface area contributed by atoms with E-state index in [0.717, 1.165) is 0 Å². The summed E-state index contributed by atoms with van der Waals surface area (Å²) in [5, 5.41) is 11.8. The molecular weight excluding hydrogens is 292 g/mol. The Morgan fingerprint density at radius 3 is 1.59 bits per heavy atom. The van der Waals surface area contributed by atoms with Gasteiger partial charge in [-0.2, -0.15) is 4.90 Å². The zero-order valence-corrected chi connectivity index (χ0v) is 14.2. The number of hydrogen-bond donors (Lipinski definition) is 2. The molecule has 8 nitrogen and oxygen atoms in total. The summed E-state index contributed by atoms with van der Waals surface area (Å²) in [5.74, 6) is -1.39. The molecule has 0 aliphatic heterocycles. The second-order valence-electron chi connectivity index (χ2n) is 6.63. The maximum Gasteiger partial charge on any atom is 0.421 e. The summed E-state index contributed by atoms with van der Waals surface area (Å²) in [6.07, 6.45) is -3.75. The van der Waals surface area contributed by atoms with Crippen LogP contribution in [0, 0.1) is 0 Å². The summed E-state index contributed by atoms with van der Waals surface area (Å²) in [6.45, 7) is 11.6. The lowest BCUT2D eigenvalue weighted by Gasteiger charge is -2.31. The molecule has 0 aliphatic carbocycles. The van der Waals surface area contributed by atoms with Crippen LogP contribution in [0.5, 0.6) is 0 Å². The summed E-state index contributed by atoms with van der Waals surface area (Å²) >= 11 is 0. The van der Waals surface area contributed by atoms with Gasteiger partial charge in [-0.05, 0) is 48.1 Å². The molecule has 0 spiro atoms. The van der Waals surface area contributed by atoms with E-state index in [1.807, 2.05) is 0 Å². The van der Waals surface area contributed by atoms with Crippen LogP contribution < -0.4 is 5.32 Å². The number of likely N-dealkylation sites (N-methyl/N-ethyl adjacent to an activating group) is 1. The molecule has 0 saturated carbocycles. The third kappa shape index (κ3) is 7.26. The fraction of sp³-hybridized carbons (Fsp3) is 0.786. The molecule has 0 aliphatic rings. The largest absolute Gasteiger partial charge is 0.479 e. The number of carboxylic acid groups (broad SMARTS) is 1. The Morgan fingerprint density at radius 2 is 1.36 bits per heavy atom. The third-order valence-corrected chi connectivity index (χ3v) is 2.07. The molecule has 0 saturated heterocycles. The predicted octanol–water partition coefficient (Wildman–Crippen LogP) is 2.18. The average Bonchev–Trinajstić information content (AvgIpc) is 2.22. The van der Waals surface area contributed by atoms with Crippen molar-refractivity contribution in [1.82, 2.24) is 10.2 Å². The molecule has 2 N–H and O–H groups in total. The van der Waals surface area contributed by atoms with Gasteiger partial charge in [0.05, 0.1) is 0 Å². The Kier molecular flexibility index (Phi) is 6.82. The van der Waals surface area contributed by atoms with Crippen LogP contribution in [0.4, 0.5) is 9.59 Å². The van der Waals surface area contributed by atoms with Gasteiger partial charge in [0.1, 0.15) is 11.2 Å². The van der Waals surface area contributed by atoms with E-state index in [0.29, 0.717) is 4.90 Å². The number of hydrogen-bond acceptors (Lipinski definition) is 6. The van der Waals surface area contributed by atoms with Gasteiger partial charge in [0, 0.05) is 0 Å². The topological polar surface area (TPSA) is 105 Å². The minimum atomic E-state index is -1.57. The van der Waals surface area contributed by atoms with Gasteiger partial charge < -0.3 is 14.6 Å². The van der Waals surface area contributed by atoms with Crippen LogP contribution in [0.25, 0.3) is 0 Å². The van der Waals surface area contributed by atoms with Crippen molar-refractivity contribution in [3.05, 3.63) is 0 Å². The lowest BCUT2D eigenvalue weighted by Crippen LogP contribution is -2.57. The molecule has 22 heavy (non-hydrogen) atoms. The first-order valence-electron chi connectivity index (χ1n) is 7.00. The highest BCUT2D eigenvalue weighted by Crippen LogP contribution is 2.16. The van der Waals surface area contributed by atoms with Crippen molar-refractivity contribution in [1.29, 1.82) is 0 Å². The molecule has 0 rings (SSSR count). The van der Waals surface area contributed by atoms with E-state index in [1.165, 1.54) is 0 Å². The highest BCUT2D eigenvalue weighted by Gasteiger charge is 2.39. The van der Waals surface area contributed by atoms with Gasteiger partial charge in [-0.25, -0.2) is 14.4 Å². The molecule has 1 unspecified atom stereocenters. The zero-order chi connectivity index (χ0) is 17.7. The van der Waals surface area contributed by atoms with Crippen molar-refractivity contribution >= 4 is 18.2 Å². The Hall–Kier alpha value is -1.83. The highest BCUT2D eigenvalue weighted by molar-refractivity contribution is 5.93. The van der Waals surface area contributed by atoms with E-state index in [1.54, 1.807) is 48.5 Å². The highest BCUT2D eigenvalue weighted by atomic mass is 16.6. The predicted molar refractivity (Wildman–Crippen MR) is 79.4 cm³/mol. The molecule has 0 aromatic rings. The van der Waals surface area contributed by atoms with E-state index >= 15 is 0 Å². The van der Waals surface area contributed by atoms with Gasteiger partial charge in [0.25, 0.3) is 0 Å². The summed E-state index contributed by atoms with van der Waals surface area (Å²) in [4.78, 5) is 36.2. The number of nitrogens with zero attached hydrogens (tertiary/aromatic N) is 1. The maximum absolute atomic E-state index is 12.2. The van der Waals surface area contributed by atoms with Crippen LogP contribution in [0.1, 0.15) is 48.5 Å². The summed E-state index contributed by atoms with van der Waals surface area (Å²) in [5.41, 5.74) is -1.76. The second kappa shape index (κ2) is 7.44.